The number of aliphatic hydroxyl groups is 3. The molecule has 1 amide bonds. The summed E-state index contributed by atoms with van der Waals surface area (Å²) < 4.78 is 0. The average Bonchev–Trinajstić information content (AvgIpc) is 2.88. The molecular weight excluding hydrogens is 532 g/mol. The summed E-state index contributed by atoms with van der Waals surface area (Å²) in [5, 5.41) is 45.8. The number of aromatic hydroxyl groups is 1. The van der Waals surface area contributed by atoms with Crippen molar-refractivity contribution in [2.75, 3.05) is 46.2 Å². The highest BCUT2D eigenvalue weighted by Crippen LogP contribution is 2.54. The number of anilines is 1. The standard InChI is InChI=1S/C29H36N4O8/c1-31(2)18-11-14(12-33-7-5-15(34)6-8-33)23(35)20-16(18)9-13-10-17-22(32(3)4)25(37)21(28(30)40)27(39)29(17,41)26(38)19(13)24(20)36/h11,13,17,22,35-36,39,41H,5-10,12H2,1-4H3,(H2,30,40)/t13-,17-,22-,29-/m0/s1. The summed E-state index contributed by atoms with van der Waals surface area (Å²) in [6, 6.07) is 0.706. The molecule has 2 fully saturated rings. The van der Waals surface area contributed by atoms with Crippen molar-refractivity contribution in [1.82, 2.24) is 9.80 Å². The van der Waals surface area contributed by atoms with Gasteiger partial charge in [0, 0.05) is 69.3 Å². The maximum atomic E-state index is 14.1. The maximum absolute atomic E-state index is 14.1. The number of nitrogens with zero attached hydrogens (tertiary/aromatic N) is 3. The summed E-state index contributed by atoms with van der Waals surface area (Å²) in [6.07, 6.45) is 1.08. The van der Waals surface area contributed by atoms with Crippen LogP contribution in [0.5, 0.6) is 5.75 Å². The molecule has 6 N–H and O–H groups in total. The molecule has 41 heavy (non-hydrogen) atoms. The molecule has 1 aromatic rings. The molecule has 5 rings (SSSR count). The van der Waals surface area contributed by atoms with Gasteiger partial charge in [-0.3, -0.25) is 29.0 Å². The minimum atomic E-state index is -2.68. The van der Waals surface area contributed by atoms with Crippen LogP contribution < -0.4 is 10.6 Å². The van der Waals surface area contributed by atoms with E-state index < -0.39 is 58.0 Å². The minimum absolute atomic E-state index is 0.0307. The topological polar surface area (TPSA) is 185 Å². The highest BCUT2D eigenvalue weighted by Gasteiger charge is 2.64. The first-order chi connectivity index (χ1) is 19.2. The van der Waals surface area contributed by atoms with Crippen LogP contribution >= 0.6 is 0 Å². The number of aliphatic hydroxyl groups excluding tert-OH is 2. The van der Waals surface area contributed by atoms with Crippen LogP contribution in [-0.2, 0) is 32.1 Å². The lowest BCUT2D eigenvalue weighted by Crippen LogP contribution is -2.65. The van der Waals surface area contributed by atoms with Crippen LogP contribution in [0.1, 0.15) is 36.0 Å². The number of carbonyl (C=O) groups excluding carboxylic acids is 4. The molecule has 220 valence electrons. The lowest BCUT2D eigenvalue weighted by Gasteiger charge is -2.50. The molecule has 12 nitrogen and oxygen atoms in total. The number of phenolic OH excluding ortho intramolecular Hbond substituents is 1. The van der Waals surface area contributed by atoms with E-state index in [-0.39, 0.29) is 35.5 Å². The van der Waals surface area contributed by atoms with Gasteiger partial charge in [-0.2, -0.15) is 0 Å². The van der Waals surface area contributed by atoms with Crippen LogP contribution in [0.3, 0.4) is 0 Å². The van der Waals surface area contributed by atoms with Gasteiger partial charge in [0.1, 0.15) is 28.6 Å². The molecule has 0 radical (unpaired) electrons. The Bertz CT molecular complexity index is 1430. The Morgan fingerprint density at radius 2 is 1.73 bits per heavy atom. The molecule has 0 spiro atoms. The van der Waals surface area contributed by atoms with Crippen molar-refractivity contribution in [2.24, 2.45) is 17.6 Å². The molecule has 1 aliphatic heterocycles. The predicted octanol–water partition coefficient (Wildman–Crippen LogP) is 0.195. The number of hydrogen-bond donors (Lipinski definition) is 5. The van der Waals surface area contributed by atoms with Crippen molar-refractivity contribution >= 4 is 34.7 Å². The number of amides is 1. The van der Waals surface area contributed by atoms with Gasteiger partial charge in [-0.05, 0) is 44.5 Å². The van der Waals surface area contributed by atoms with Gasteiger partial charge in [-0.25, -0.2) is 0 Å². The van der Waals surface area contributed by atoms with Crippen LogP contribution in [0, 0.1) is 11.8 Å². The number of likely N-dealkylation sites (tertiary alicyclic amines) is 1. The van der Waals surface area contributed by atoms with E-state index in [9.17, 15) is 39.6 Å². The number of hydrogen-bond acceptors (Lipinski definition) is 11. The van der Waals surface area contributed by atoms with Crippen molar-refractivity contribution in [3.8, 4) is 5.75 Å². The second-order valence-electron chi connectivity index (χ2n) is 11.9. The first-order valence-corrected chi connectivity index (χ1v) is 13.6. The fourth-order valence-corrected chi connectivity index (χ4v) is 7.07. The van der Waals surface area contributed by atoms with Crippen LogP contribution in [0.4, 0.5) is 5.69 Å². The maximum Gasteiger partial charge on any atom is 0.255 e. The molecule has 12 heteroatoms. The summed E-state index contributed by atoms with van der Waals surface area (Å²) in [5.41, 5.74) is 3.58. The molecule has 1 aromatic carbocycles. The number of carbonyl (C=O) groups is 4. The van der Waals surface area contributed by atoms with Crippen LogP contribution in [0.25, 0.3) is 5.76 Å². The molecular formula is C29H36N4O8. The Hall–Kier alpha value is -3.74. The van der Waals surface area contributed by atoms with Gasteiger partial charge in [0.15, 0.2) is 11.4 Å². The number of nitrogens with two attached hydrogens (primary N) is 1. The average molecular weight is 569 g/mol. The van der Waals surface area contributed by atoms with Crippen molar-refractivity contribution in [2.45, 2.75) is 43.9 Å². The fraction of sp³-hybridized carbons (Fsp3) is 0.517. The van der Waals surface area contributed by atoms with Gasteiger partial charge in [-0.1, -0.05) is 0 Å². The van der Waals surface area contributed by atoms with Gasteiger partial charge in [0.2, 0.25) is 5.78 Å². The number of benzene rings is 1. The van der Waals surface area contributed by atoms with Crippen molar-refractivity contribution in [1.29, 1.82) is 0 Å². The largest absolute Gasteiger partial charge is 0.508 e. The Kier molecular flexibility index (Phi) is 6.99. The molecule has 1 saturated carbocycles. The second kappa shape index (κ2) is 9.97. The van der Waals surface area contributed by atoms with E-state index >= 15 is 0 Å². The molecule has 0 bridgehead atoms. The minimum Gasteiger partial charge on any atom is -0.508 e. The van der Waals surface area contributed by atoms with Gasteiger partial charge < -0.3 is 31.1 Å². The summed E-state index contributed by atoms with van der Waals surface area (Å²) in [7, 11) is 6.78. The third kappa shape index (κ3) is 4.23. The number of fused-ring (bicyclic) bond motifs is 3. The molecule has 3 aliphatic carbocycles. The van der Waals surface area contributed by atoms with E-state index in [2.05, 4.69) is 0 Å². The Morgan fingerprint density at radius 1 is 1.10 bits per heavy atom. The number of phenols is 1. The fourth-order valence-electron chi connectivity index (χ4n) is 7.07. The number of primary amides is 1. The van der Waals surface area contributed by atoms with E-state index in [4.69, 9.17) is 5.73 Å². The number of rotatable bonds is 5. The van der Waals surface area contributed by atoms with Gasteiger partial charge in [0.25, 0.3) is 5.91 Å². The Morgan fingerprint density at radius 3 is 2.29 bits per heavy atom. The number of ketones is 3. The zero-order valence-corrected chi connectivity index (χ0v) is 23.6. The lowest BCUT2D eigenvalue weighted by atomic mass is 9.57. The SMILES string of the molecule is CN(C)c1cc(CN2CCC(=O)CC2)c(O)c2c1C[C@H]1C[C@H]3[C@H](N(C)C)C(=O)C(C(N)=O)=C(O)[C@@]3(O)C(=O)C1=C2O. The van der Waals surface area contributed by atoms with Crippen LogP contribution in [0.15, 0.2) is 23.0 Å². The molecule has 0 unspecified atom stereocenters. The van der Waals surface area contributed by atoms with Gasteiger partial charge in [0.05, 0.1) is 11.6 Å². The van der Waals surface area contributed by atoms with E-state index in [1.807, 2.05) is 30.0 Å². The third-order valence-corrected chi connectivity index (χ3v) is 9.07. The van der Waals surface area contributed by atoms with Crippen LogP contribution in [0.2, 0.25) is 0 Å². The summed E-state index contributed by atoms with van der Waals surface area (Å²) in [4.78, 5) is 56.6. The molecule has 0 aromatic heterocycles. The summed E-state index contributed by atoms with van der Waals surface area (Å²) in [6.45, 7) is 1.39. The molecule has 1 saturated heterocycles. The zero-order chi connectivity index (χ0) is 30.1. The van der Waals surface area contributed by atoms with E-state index in [0.717, 1.165) is 5.69 Å². The number of piperidine rings is 1. The summed E-state index contributed by atoms with van der Waals surface area (Å²) >= 11 is 0. The third-order valence-electron chi connectivity index (χ3n) is 9.07. The monoisotopic (exact) mass is 568 g/mol. The first kappa shape index (κ1) is 28.8. The predicted molar refractivity (Wildman–Crippen MR) is 148 cm³/mol. The van der Waals surface area contributed by atoms with Crippen molar-refractivity contribution < 1.29 is 39.6 Å². The van der Waals surface area contributed by atoms with E-state index in [1.54, 1.807) is 14.1 Å². The highest BCUT2D eigenvalue weighted by molar-refractivity contribution is 6.24. The summed E-state index contributed by atoms with van der Waals surface area (Å²) in [5.74, 6) is -6.52. The number of likely N-dealkylation sites (N-methyl/N-ethyl adjacent to an activating group) is 1. The second-order valence-corrected chi connectivity index (χ2v) is 11.9. The first-order valence-electron chi connectivity index (χ1n) is 13.6. The molecule has 4 atom stereocenters. The molecule has 4 aliphatic rings. The zero-order valence-electron chi connectivity index (χ0n) is 23.6. The van der Waals surface area contributed by atoms with Gasteiger partial charge >= 0.3 is 0 Å². The van der Waals surface area contributed by atoms with Gasteiger partial charge in [-0.15, -0.1) is 0 Å². The Balaban J connectivity index is 1.67. The molecule has 1 heterocycles. The van der Waals surface area contributed by atoms with E-state index in [0.29, 0.717) is 43.6 Å². The number of Topliss-reactive ketones (excluding diaryl/α,β-unsaturated/α-hetero) is 3. The Labute approximate surface area is 237 Å². The van der Waals surface area contributed by atoms with Crippen LogP contribution in [-0.4, -0.2) is 106 Å². The highest BCUT2D eigenvalue weighted by atomic mass is 16.3. The van der Waals surface area contributed by atoms with Crippen molar-refractivity contribution in [3.05, 3.63) is 39.7 Å². The lowest BCUT2D eigenvalue weighted by molar-refractivity contribution is -0.153. The quantitative estimate of drug-likeness (QED) is 0.306. The normalized spacial score (nSPS) is 28.5. The van der Waals surface area contributed by atoms with E-state index in [1.165, 1.54) is 4.90 Å². The van der Waals surface area contributed by atoms with Crippen molar-refractivity contribution in [3.63, 3.8) is 0 Å². The smallest absolute Gasteiger partial charge is 0.255 e.